The predicted molar refractivity (Wildman–Crippen MR) is 141 cm³/mol. The summed E-state index contributed by atoms with van der Waals surface area (Å²) in [5.41, 5.74) is 5.72. The number of rotatable bonds is 8. The maximum Gasteiger partial charge on any atom is 0.250 e. The molecule has 1 amide bonds. The van der Waals surface area contributed by atoms with Gasteiger partial charge in [0.25, 0.3) is 5.91 Å². The summed E-state index contributed by atoms with van der Waals surface area (Å²) in [6, 6.07) is 21.9. The third-order valence-corrected chi connectivity index (χ3v) is 6.07. The van der Waals surface area contributed by atoms with E-state index in [0.29, 0.717) is 10.9 Å². The van der Waals surface area contributed by atoms with Crippen LogP contribution in [-0.2, 0) is 10.2 Å². The summed E-state index contributed by atoms with van der Waals surface area (Å²) in [5.74, 6) is 1.34. The lowest BCUT2D eigenvalue weighted by Crippen LogP contribution is -2.19. The highest BCUT2D eigenvalue weighted by molar-refractivity contribution is 7.99. The maximum atomic E-state index is 12.3. The average molecular weight is 486 g/mol. The highest BCUT2D eigenvalue weighted by Crippen LogP contribution is 2.30. The second kappa shape index (κ2) is 11.0. The Morgan fingerprint density at radius 3 is 2.51 bits per heavy atom. The molecule has 7 nitrogen and oxygen atoms in total. The average Bonchev–Trinajstić information content (AvgIpc) is 3.53. The number of thioether (sulfide) groups is 1. The molecular weight excluding hydrogens is 458 g/mol. The van der Waals surface area contributed by atoms with Gasteiger partial charge >= 0.3 is 0 Å². The molecular formula is C27H27N5O2S. The fraction of sp³-hybridized carbons (Fsp3) is 0.185. The molecule has 0 aliphatic carbocycles. The van der Waals surface area contributed by atoms with Crippen LogP contribution in [0.3, 0.4) is 0 Å². The molecule has 0 fully saturated rings. The number of hydrogen-bond acceptors (Lipinski definition) is 6. The van der Waals surface area contributed by atoms with Crippen molar-refractivity contribution >= 4 is 30.0 Å². The van der Waals surface area contributed by atoms with E-state index in [4.69, 9.17) is 4.42 Å². The van der Waals surface area contributed by atoms with E-state index in [1.807, 2.05) is 41.0 Å². The van der Waals surface area contributed by atoms with Crippen molar-refractivity contribution in [1.82, 2.24) is 20.2 Å². The number of para-hydroxylation sites is 1. The molecule has 2 aromatic carbocycles. The number of carbonyl (C=O) groups excluding carboxylic acids is 1. The molecule has 2 aromatic heterocycles. The fourth-order valence-corrected chi connectivity index (χ4v) is 4.06. The third kappa shape index (κ3) is 6.36. The van der Waals surface area contributed by atoms with E-state index in [0.717, 1.165) is 17.1 Å². The van der Waals surface area contributed by atoms with E-state index in [1.165, 1.54) is 23.5 Å². The van der Waals surface area contributed by atoms with Crippen LogP contribution in [0, 0.1) is 0 Å². The van der Waals surface area contributed by atoms with Crippen LogP contribution in [0.15, 0.2) is 93.7 Å². The van der Waals surface area contributed by atoms with Gasteiger partial charge in [0.2, 0.25) is 0 Å². The van der Waals surface area contributed by atoms with Crippen LogP contribution in [0.5, 0.6) is 0 Å². The van der Waals surface area contributed by atoms with Gasteiger partial charge in [0, 0.05) is 17.5 Å². The topological polar surface area (TPSA) is 85.3 Å². The molecule has 4 rings (SSSR count). The predicted octanol–water partition coefficient (Wildman–Crippen LogP) is 5.73. The smallest absolute Gasteiger partial charge is 0.250 e. The molecule has 0 atom stereocenters. The van der Waals surface area contributed by atoms with Crippen molar-refractivity contribution in [1.29, 1.82) is 0 Å². The van der Waals surface area contributed by atoms with Gasteiger partial charge in [-0.25, -0.2) is 5.43 Å². The largest absolute Gasteiger partial charge is 0.465 e. The Labute approximate surface area is 209 Å². The van der Waals surface area contributed by atoms with Crippen molar-refractivity contribution in [2.24, 2.45) is 5.10 Å². The summed E-state index contributed by atoms with van der Waals surface area (Å²) in [7, 11) is 0. The Balaban J connectivity index is 1.48. The monoisotopic (exact) mass is 485 g/mol. The molecule has 178 valence electrons. The number of furan rings is 1. The zero-order valence-corrected chi connectivity index (χ0v) is 20.7. The molecule has 0 unspecified atom stereocenters. The normalized spacial score (nSPS) is 12.0. The van der Waals surface area contributed by atoms with E-state index < -0.39 is 0 Å². The molecule has 0 spiro atoms. The Bertz CT molecular complexity index is 1300. The minimum atomic E-state index is -0.239. The lowest BCUT2D eigenvalue weighted by Gasteiger charge is -2.19. The van der Waals surface area contributed by atoms with Crippen molar-refractivity contribution in [3.05, 3.63) is 90.4 Å². The lowest BCUT2D eigenvalue weighted by molar-refractivity contribution is -0.118. The Kier molecular flexibility index (Phi) is 7.62. The standard InChI is InChI=1S/C27H27N5O2S/c1-27(2,3)21-15-13-20(14-16-21)25-30-31-26(32(25)22-9-5-4-6-10-22)35-19-24(33)29-28-17-7-11-23-12-8-18-34-23/h4-18H,19H2,1-3H3,(H,29,33)/b11-7+,28-17-. The van der Waals surface area contributed by atoms with Crippen LogP contribution < -0.4 is 5.43 Å². The first kappa shape index (κ1) is 24.2. The molecule has 1 N–H and O–H groups in total. The molecule has 0 saturated heterocycles. The summed E-state index contributed by atoms with van der Waals surface area (Å²) < 4.78 is 7.17. The third-order valence-electron chi connectivity index (χ3n) is 5.14. The SMILES string of the molecule is CC(C)(C)c1ccc(-c2nnc(SCC(=O)N/N=C\C=C\c3ccco3)n2-c2ccccc2)cc1. The van der Waals surface area contributed by atoms with E-state index in [-0.39, 0.29) is 17.1 Å². The number of amides is 1. The van der Waals surface area contributed by atoms with Crippen molar-refractivity contribution in [2.75, 3.05) is 5.75 Å². The van der Waals surface area contributed by atoms with Gasteiger partial charge in [-0.2, -0.15) is 5.10 Å². The quantitative estimate of drug-likeness (QED) is 0.196. The number of carbonyl (C=O) groups is 1. The highest BCUT2D eigenvalue weighted by Gasteiger charge is 2.18. The summed E-state index contributed by atoms with van der Waals surface area (Å²) in [5, 5.41) is 13.4. The Morgan fingerprint density at radius 2 is 1.83 bits per heavy atom. The first-order valence-electron chi connectivity index (χ1n) is 11.2. The minimum absolute atomic E-state index is 0.0665. The zero-order chi connectivity index (χ0) is 24.7. The van der Waals surface area contributed by atoms with Crippen LogP contribution in [0.25, 0.3) is 23.2 Å². The van der Waals surface area contributed by atoms with Crippen LogP contribution in [0.2, 0.25) is 0 Å². The summed E-state index contributed by atoms with van der Waals surface area (Å²) in [6.45, 7) is 6.56. The number of allylic oxidation sites excluding steroid dienone is 1. The number of nitrogens with one attached hydrogen (secondary N) is 1. The number of nitrogens with zero attached hydrogens (tertiary/aromatic N) is 4. The van der Waals surface area contributed by atoms with Gasteiger partial charge in [-0.3, -0.25) is 9.36 Å². The van der Waals surface area contributed by atoms with Crippen molar-refractivity contribution < 1.29 is 9.21 Å². The van der Waals surface area contributed by atoms with E-state index in [1.54, 1.807) is 24.5 Å². The number of hydrogen-bond donors (Lipinski definition) is 1. The van der Waals surface area contributed by atoms with Gasteiger partial charge in [0.15, 0.2) is 11.0 Å². The highest BCUT2D eigenvalue weighted by atomic mass is 32.2. The number of benzene rings is 2. The number of aromatic nitrogens is 3. The van der Waals surface area contributed by atoms with Gasteiger partial charge in [-0.15, -0.1) is 10.2 Å². The lowest BCUT2D eigenvalue weighted by atomic mass is 9.87. The molecule has 0 radical (unpaired) electrons. The Hall–Kier alpha value is -3.91. The second-order valence-electron chi connectivity index (χ2n) is 8.78. The minimum Gasteiger partial charge on any atom is -0.465 e. The van der Waals surface area contributed by atoms with Crippen LogP contribution >= 0.6 is 11.8 Å². The molecule has 4 aromatic rings. The fourth-order valence-electron chi connectivity index (χ4n) is 3.32. The van der Waals surface area contributed by atoms with Gasteiger partial charge < -0.3 is 4.42 Å². The zero-order valence-electron chi connectivity index (χ0n) is 19.9. The van der Waals surface area contributed by atoms with E-state index in [2.05, 4.69) is 65.8 Å². The molecule has 35 heavy (non-hydrogen) atoms. The van der Waals surface area contributed by atoms with Crippen molar-refractivity contribution in [3.8, 4) is 17.1 Å². The van der Waals surface area contributed by atoms with Crippen LogP contribution in [0.1, 0.15) is 32.1 Å². The molecule has 0 aliphatic heterocycles. The summed E-state index contributed by atoms with van der Waals surface area (Å²) in [6.07, 6.45) is 6.53. The first-order chi connectivity index (χ1) is 16.9. The van der Waals surface area contributed by atoms with Gasteiger partial charge in [0.05, 0.1) is 12.0 Å². The molecule has 0 saturated carbocycles. The number of hydrazone groups is 1. The second-order valence-corrected chi connectivity index (χ2v) is 9.72. The van der Waals surface area contributed by atoms with E-state index in [9.17, 15) is 4.79 Å². The molecule has 8 heteroatoms. The maximum absolute atomic E-state index is 12.3. The van der Waals surface area contributed by atoms with Crippen molar-refractivity contribution in [3.63, 3.8) is 0 Å². The first-order valence-corrected chi connectivity index (χ1v) is 12.2. The molecule has 0 bridgehead atoms. The molecule has 2 heterocycles. The summed E-state index contributed by atoms with van der Waals surface area (Å²) in [4.78, 5) is 12.3. The van der Waals surface area contributed by atoms with Gasteiger partial charge in [0.1, 0.15) is 5.76 Å². The van der Waals surface area contributed by atoms with Gasteiger partial charge in [-0.05, 0) is 47.4 Å². The van der Waals surface area contributed by atoms with Gasteiger partial charge in [-0.1, -0.05) is 75.0 Å². The van der Waals surface area contributed by atoms with E-state index >= 15 is 0 Å². The van der Waals surface area contributed by atoms with Crippen LogP contribution in [-0.4, -0.2) is 32.6 Å². The summed E-state index contributed by atoms with van der Waals surface area (Å²) >= 11 is 1.31. The van der Waals surface area contributed by atoms with Crippen LogP contribution in [0.4, 0.5) is 0 Å². The molecule has 0 aliphatic rings. The van der Waals surface area contributed by atoms with Crippen molar-refractivity contribution in [2.45, 2.75) is 31.3 Å². The Morgan fingerprint density at radius 1 is 1.06 bits per heavy atom.